The molecule has 32 heavy (non-hydrogen) atoms. The largest absolute Gasteiger partial charge is 0.454 e. The second-order valence-corrected chi connectivity index (χ2v) is 6.99. The summed E-state index contributed by atoms with van der Waals surface area (Å²) in [6.45, 7) is 0.0592. The van der Waals surface area contributed by atoms with Crippen molar-refractivity contribution in [2.75, 3.05) is 17.0 Å². The fraction of sp³-hybridized carbons (Fsp3) is 0.0435. The van der Waals surface area contributed by atoms with E-state index in [0.29, 0.717) is 17.2 Å². The third-order valence-electron chi connectivity index (χ3n) is 5.02. The van der Waals surface area contributed by atoms with E-state index in [1.807, 2.05) is 0 Å². The van der Waals surface area contributed by atoms with Gasteiger partial charge in [-0.2, -0.15) is 0 Å². The number of amides is 2. The number of imide groups is 1. The molecule has 9 heteroatoms. The van der Waals surface area contributed by atoms with E-state index in [9.17, 15) is 22.8 Å². The van der Waals surface area contributed by atoms with Crippen LogP contribution in [0.25, 0.3) is 5.57 Å². The zero-order chi connectivity index (χ0) is 22.4. The molecule has 3 aromatic carbocycles. The molecule has 2 amide bonds. The molecular weight excluding hydrogens is 425 g/mol. The Morgan fingerprint density at radius 2 is 1.53 bits per heavy atom. The number of benzene rings is 3. The summed E-state index contributed by atoms with van der Waals surface area (Å²) in [5.74, 6) is -3.40. The van der Waals surface area contributed by atoms with Gasteiger partial charge in [-0.25, -0.2) is 18.1 Å². The number of fused-ring (bicyclic) bond motifs is 1. The Hall–Kier alpha value is -4.27. The summed E-state index contributed by atoms with van der Waals surface area (Å²) in [6.07, 6.45) is 0. The third kappa shape index (κ3) is 3.24. The molecule has 2 aliphatic rings. The Kier molecular flexibility index (Phi) is 4.58. The lowest BCUT2D eigenvalue weighted by atomic mass is 10.0. The topological polar surface area (TPSA) is 67.9 Å². The number of anilines is 2. The number of nitrogens with zero attached hydrogens (tertiary/aromatic N) is 1. The highest BCUT2D eigenvalue weighted by molar-refractivity contribution is 6.46. The van der Waals surface area contributed by atoms with Crippen LogP contribution < -0.4 is 19.7 Å². The average Bonchev–Trinajstić information content (AvgIpc) is 3.33. The van der Waals surface area contributed by atoms with Gasteiger partial charge in [-0.15, -0.1) is 0 Å². The van der Waals surface area contributed by atoms with Crippen molar-refractivity contribution in [1.29, 1.82) is 0 Å². The molecule has 0 atom stereocenters. The maximum Gasteiger partial charge on any atom is 0.282 e. The van der Waals surface area contributed by atoms with Crippen LogP contribution >= 0.6 is 0 Å². The predicted molar refractivity (Wildman–Crippen MR) is 108 cm³/mol. The van der Waals surface area contributed by atoms with E-state index in [1.165, 1.54) is 12.1 Å². The van der Waals surface area contributed by atoms with Crippen molar-refractivity contribution in [3.63, 3.8) is 0 Å². The van der Waals surface area contributed by atoms with Gasteiger partial charge in [0, 0.05) is 17.8 Å². The number of carbonyl (C=O) groups excluding carboxylic acids is 2. The fourth-order valence-corrected chi connectivity index (χ4v) is 3.51. The third-order valence-corrected chi connectivity index (χ3v) is 5.02. The predicted octanol–water partition coefficient (Wildman–Crippen LogP) is 4.23. The molecule has 0 unspecified atom stereocenters. The van der Waals surface area contributed by atoms with Gasteiger partial charge in [0.2, 0.25) is 6.79 Å². The lowest BCUT2D eigenvalue weighted by Crippen LogP contribution is -2.32. The number of ether oxygens (including phenoxy) is 2. The second kappa shape index (κ2) is 7.45. The molecule has 5 rings (SSSR count). The van der Waals surface area contributed by atoms with Crippen LogP contribution in [-0.4, -0.2) is 18.6 Å². The standard InChI is InChI=1S/C23H13F3N2O4/c24-13-3-1-12(2-4-13)20-21(27-14-5-8-18-19(9-14)32-11-31-18)23(30)28(22(20)29)15-6-7-16(25)17(26)10-15/h1-10,27H,11H2. The van der Waals surface area contributed by atoms with Crippen molar-refractivity contribution in [2.24, 2.45) is 0 Å². The number of halogens is 3. The summed E-state index contributed by atoms with van der Waals surface area (Å²) >= 11 is 0. The van der Waals surface area contributed by atoms with Crippen LogP contribution in [0.2, 0.25) is 0 Å². The maximum absolute atomic E-state index is 13.8. The first-order valence-corrected chi connectivity index (χ1v) is 9.43. The van der Waals surface area contributed by atoms with Gasteiger partial charge in [0.15, 0.2) is 23.1 Å². The molecule has 0 saturated heterocycles. The molecule has 2 heterocycles. The highest BCUT2D eigenvalue weighted by Gasteiger charge is 2.40. The van der Waals surface area contributed by atoms with Gasteiger partial charge in [-0.05, 0) is 42.0 Å². The van der Waals surface area contributed by atoms with E-state index in [2.05, 4.69) is 5.32 Å². The number of nitrogens with one attached hydrogen (secondary N) is 1. The molecule has 2 aliphatic heterocycles. The lowest BCUT2D eigenvalue weighted by molar-refractivity contribution is -0.120. The Labute approximate surface area is 179 Å². The molecule has 6 nitrogen and oxygen atoms in total. The number of rotatable bonds is 4. The molecule has 0 fully saturated rings. The minimum absolute atomic E-state index is 0.0441. The molecule has 0 aromatic heterocycles. The molecule has 0 bridgehead atoms. The first kappa shape index (κ1) is 19.7. The maximum atomic E-state index is 13.8. The number of carbonyl (C=O) groups is 2. The minimum Gasteiger partial charge on any atom is -0.454 e. The van der Waals surface area contributed by atoms with E-state index in [0.717, 1.165) is 35.2 Å². The van der Waals surface area contributed by atoms with Crippen molar-refractivity contribution in [3.8, 4) is 11.5 Å². The second-order valence-electron chi connectivity index (χ2n) is 6.99. The van der Waals surface area contributed by atoms with E-state index in [4.69, 9.17) is 9.47 Å². The summed E-state index contributed by atoms with van der Waals surface area (Å²) < 4.78 is 51.2. The minimum atomic E-state index is -1.20. The van der Waals surface area contributed by atoms with Gasteiger partial charge in [-0.3, -0.25) is 9.59 Å². The number of hydrogen-bond donors (Lipinski definition) is 1. The molecule has 160 valence electrons. The summed E-state index contributed by atoms with van der Waals surface area (Å²) in [7, 11) is 0. The summed E-state index contributed by atoms with van der Waals surface area (Å²) in [5, 5.41) is 2.91. The zero-order valence-corrected chi connectivity index (χ0v) is 16.2. The zero-order valence-electron chi connectivity index (χ0n) is 16.2. The van der Waals surface area contributed by atoms with Crippen LogP contribution in [0.4, 0.5) is 24.5 Å². The van der Waals surface area contributed by atoms with Gasteiger partial charge >= 0.3 is 0 Å². The Morgan fingerprint density at radius 1 is 0.781 bits per heavy atom. The first-order chi connectivity index (χ1) is 15.4. The van der Waals surface area contributed by atoms with Crippen molar-refractivity contribution in [1.82, 2.24) is 0 Å². The smallest absolute Gasteiger partial charge is 0.282 e. The SMILES string of the molecule is O=C1C(Nc2ccc3c(c2)OCO3)=C(c2ccc(F)cc2)C(=O)N1c1ccc(F)c(F)c1. The van der Waals surface area contributed by atoms with Crippen molar-refractivity contribution >= 4 is 28.8 Å². The lowest BCUT2D eigenvalue weighted by Gasteiger charge is -2.15. The molecule has 0 aliphatic carbocycles. The highest BCUT2D eigenvalue weighted by atomic mass is 19.2. The van der Waals surface area contributed by atoms with Crippen molar-refractivity contribution in [2.45, 2.75) is 0 Å². The number of hydrogen-bond acceptors (Lipinski definition) is 5. The van der Waals surface area contributed by atoms with E-state index in [1.54, 1.807) is 18.2 Å². The van der Waals surface area contributed by atoms with Gasteiger partial charge in [0.05, 0.1) is 11.3 Å². The average molecular weight is 438 g/mol. The van der Waals surface area contributed by atoms with Gasteiger partial charge < -0.3 is 14.8 Å². The van der Waals surface area contributed by atoms with E-state index in [-0.39, 0.29) is 29.3 Å². The van der Waals surface area contributed by atoms with Crippen LogP contribution in [0.1, 0.15) is 5.56 Å². The molecule has 1 N–H and O–H groups in total. The highest BCUT2D eigenvalue weighted by Crippen LogP contribution is 2.37. The summed E-state index contributed by atoms with van der Waals surface area (Å²) in [4.78, 5) is 27.2. The summed E-state index contributed by atoms with van der Waals surface area (Å²) in [6, 6.07) is 12.6. The van der Waals surface area contributed by atoms with Crippen molar-refractivity contribution < 1.29 is 32.2 Å². The van der Waals surface area contributed by atoms with Crippen molar-refractivity contribution in [3.05, 3.63) is 89.4 Å². The van der Waals surface area contributed by atoms with Crippen LogP contribution in [0.15, 0.2) is 66.4 Å². The molecular formula is C23H13F3N2O4. The molecule has 3 aromatic rings. The van der Waals surface area contributed by atoms with Crippen LogP contribution in [0.5, 0.6) is 11.5 Å². The molecule has 0 saturated carbocycles. The van der Waals surface area contributed by atoms with E-state index >= 15 is 0 Å². The molecule has 0 spiro atoms. The van der Waals surface area contributed by atoms with Crippen LogP contribution in [-0.2, 0) is 9.59 Å². The van der Waals surface area contributed by atoms with Gasteiger partial charge in [0.25, 0.3) is 11.8 Å². The Balaban J connectivity index is 1.59. The first-order valence-electron chi connectivity index (χ1n) is 9.43. The monoisotopic (exact) mass is 438 g/mol. The van der Waals surface area contributed by atoms with Gasteiger partial charge in [0.1, 0.15) is 11.5 Å². The Morgan fingerprint density at radius 3 is 2.28 bits per heavy atom. The normalized spacial score (nSPS) is 15.0. The van der Waals surface area contributed by atoms with Crippen LogP contribution in [0, 0.1) is 17.5 Å². The molecule has 0 radical (unpaired) electrons. The van der Waals surface area contributed by atoms with E-state index < -0.39 is 29.3 Å². The Bertz CT molecular complexity index is 1310. The quantitative estimate of drug-likeness (QED) is 0.618. The van der Waals surface area contributed by atoms with Gasteiger partial charge in [-0.1, -0.05) is 12.1 Å². The van der Waals surface area contributed by atoms with Crippen LogP contribution in [0.3, 0.4) is 0 Å². The fourth-order valence-electron chi connectivity index (χ4n) is 3.51. The summed E-state index contributed by atoms with van der Waals surface area (Å²) in [5.41, 5.74) is 0.416.